The lowest BCUT2D eigenvalue weighted by Crippen LogP contribution is -2.50. The van der Waals surface area contributed by atoms with Gasteiger partial charge in [0.1, 0.15) is 12.1 Å². The Bertz CT molecular complexity index is 969. The number of hydrogen-bond donors (Lipinski definition) is 2. The third-order valence-electron chi connectivity index (χ3n) is 6.32. The number of rotatable bonds is 5. The molecule has 1 aliphatic carbocycles. The number of halogens is 1. The lowest BCUT2D eigenvalue weighted by molar-refractivity contribution is -0.136. The summed E-state index contributed by atoms with van der Waals surface area (Å²) in [5, 5.41) is 6.45. The Labute approximate surface area is 187 Å². The van der Waals surface area contributed by atoms with Crippen molar-refractivity contribution in [2.24, 2.45) is 5.92 Å². The second-order valence-corrected chi connectivity index (χ2v) is 8.99. The number of nitrogens with zero attached hydrogens (tertiary/aromatic N) is 1. The van der Waals surface area contributed by atoms with Crippen LogP contribution in [0.15, 0.2) is 54.6 Å². The van der Waals surface area contributed by atoms with Crippen molar-refractivity contribution in [2.75, 3.05) is 6.54 Å². The van der Waals surface area contributed by atoms with Crippen LogP contribution in [-0.2, 0) is 9.59 Å². The van der Waals surface area contributed by atoms with Gasteiger partial charge in [-0.2, -0.15) is 0 Å². The first-order chi connectivity index (χ1) is 14.9. The first-order valence-corrected chi connectivity index (χ1v) is 11.0. The second kappa shape index (κ2) is 8.71. The lowest BCUT2D eigenvalue weighted by Gasteiger charge is -2.33. The van der Waals surface area contributed by atoms with Gasteiger partial charge in [0.05, 0.1) is 6.04 Å². The molecule has 1 saturated heterocycles. The maximum Gasteiger partial charge on any atom is 0.325 e. The fraction of sp³-hybridized carbons (Fsp3) is 0.375. The van der Waals surface area contributed by atoms with Gasteiger partial charge < -0.3 is 10.6 Å². The van der Waals surface area contributed by atoms with Crippen molar-refractivity contribution in [3.63, 3.8) is 0 Å². The zero-order valence-electron chi connectivity index (χ0n) is 17.4. The van der Waals surface area contributed by atoms with Crippen LogP contribution in [0.3, 0.4) is 0 Å². The smallest absolute Gasteiger partial charge is 0.325 e. The van der Waals surface area contributed by atoms with E-state index in [4.69, 9.17) is 11.6 Å². The maximum atomic E-state index is 13.0. The van der Waals surface area contributed by atoms with Gasteiger partial charge in [-0.1, -0.05) is 61.0 Å². The van der Waals surface area contributed by atoms with Crippen molar-refractivity contribution in [3.05, 3.63) is 70.7 Å². The van der Waals surface area contributed by atoms with Crippen LogP contribution in [0.25, 0.3) is 0 Å². The van der Waals surface area contributed by atoms with Gasteiger partial charge in [0, 0.05) is 5.02 Å². The molecule has 4 amide bonds. The molecule has 6 nitrogen and oxygen atoms in total. The van der Waals surface area contributed by atoms with Crippen LogP contribution in [0.5, 0.6) is 0 Å². The number of hydrogen-bond acceptors (Lipinski definition) is 3. The Hall–Kier alpha value is -2.86. The first kappa shape index (κ1) is 21.4. The summed E-state index contributed by atoms with van der Waals surface area (Å²) < 4.78 is 0. The molecule has 1 aliphatic heterocycles. The van der Waals surface area contributed by atoms with Crippen LogP contribution in [0.1, 0.15) is 49.8 Å². The van der Waals surface area contributed by atoms with E-state index in [9.17, 15) is 14.4 Å². The molecule has 162 valence electrons. The Kier molecular flexibility index (Phi) is 6.01. The minimum Gasteiger partial charge on any atom is -0.344 e. The Morgan fingerprint density at radius 1 is 1.10 bits per heavy atom. The summed E-state index contributed by atoms with van der Waals surface area (Å²) in [5.41, 5.74) is 0.908. The predicted octanol–water partition coefficient (Wildman–Crippen LogP) is 4.05. The summed E-state index contributed by atoms with van der Waals surface area (Å²) in [6.07, 6.45) is 3.01. The average molecular weight is 440 g/mol. The van der Waals surface area contributed by atoms with Gasteiger partial charge in [-0.15, -0.1) is 0 Å². The van der Waals surface area contributed by atoms with Crippen LogP contribution in [0.4, 0.5) is 4.79 Å². The minimum absolute atomic E-state index is 0.290. The number of carbonyl (C=O) groups is 3. The van der Waals surface area contributed by atoms with Crippen LogP contribution < -0.4 is 10.6 Å². The van der Waals surface area contributed by atoms with Gasteiger partial charge in [-0.3, -0.25) is 14.5 Å². The second-order valence-electron chi connectivity index (χ2n) is 8.55. The molecule has 2 fully saturated rings. The minimum atomic E-state index is -0.848. The molecule has 1 spiro atoms. The fourth-order valence-corrected chi connectivity index (χ4v) is 4.55. The fourth-order valence-electron chi connectivity index (χ4n) is 4.42. The molecular formula is C24H26ClN3O3. The standard InChI is InChI=1S/C24H26ClN3O3/c1-16-11-13-24(14-12-16)22(30)28(23(31)27-24)15-20(29)26-21(17-5-3-2-4-6-17)18-7-9-19(25)10-8-18/h2-10,16,21H,11-15H2,1H3,(H,26,29)(H,27,31). The van der Waals surface area contributed by atoms with Crippen molar-refractivity contribution in [2.45, 2.75) is 44.2 Å². The van der Waals surface area contributed by atoms with E-state index in [-0.39, 0.29) is 12.5 Å². The van der Waals surface area contributed by atoms with Gasteiger partial charge >= 0.3 is 6.03 Å². The number of urea groups is 1. The number of amides is 4. The van der Waals surface area contributed by atoms with E-state index >= 15 is 0 Å². The highest BCUT2D eigenvalue weighted by molar-refractivity contribution is 6.30. The number of carbonyl (C=O) groups excluding carboxylic acids is 3. The van der Waals surface area contributed by atoms with Crippen LogP contribution in [-0.4, -0.2) is 34.8 Å². The average Bonchev–Trinajstić information content (AvgIpc) is 3.00. The highest BCUT2D eigenvalue weighted by atomic mass is 35.5. The predicted molar refractivity (Wildman–Crippen MR) is 118 cm³/mol. The summed E-state index contributed by atoms with van der Waals surface area (Å²) in [4.78, 5) is 39.6. The number of imide groups is 1. The van der Waals surface area contributed by atoms with E-state index in [2.05, 4.69) is 17.6 Å². The van der Waals surface area contributed by atoms with E-state index < -0.39 is 23.5 Å². The van der Waals surface area contributed by atoms with Crippen molar-refractivity contribution in [1.82, 2.24) is 15.5 Å². The van der Waals surface area contributed by atoms with Crippen LogP contribution in [0.2, 0.25) is 5.02 Å². The van der Waals surface area contributed by atoms with Crippen molar-refractivity contribution >= 4 is 29.4 Å². The SMILES string of the molecule is CC1CCC2(CC1)NC(=O)N(CC(=O)NC(c1ccccc1)c1ccc(Cl)cc1)C2=O. The van der Waals surface area contributed by atoms with Crippen LogP contribution >= 0.6 is 11.6 Å². The van der Waals surface area contributed by atoms with Gasteiger partial charge in [0.15, 0.2) is 0 Å². The molecule has 2 aliphatic rings. The molecule has 2 aromatic rings. The largest absolute Gasteiger partial charge is 0.344 e. The third-order valence-corrected chi connectivity index (χ3v) is 6.57. The molecule has 0 aromatic heterocycles. The van der Waals surface area contributed by atoms with Gasteiger partial charge in [0.25, 0.3) is 5.91 Å². The molecule has 0 radical (unpaired) electrons. The van der Waals surface area contributed by atoms with Crippen LogP contribution in [0, 0.1) is 5.92 Å². The molecular weight excluding hydrogens is 414 g/mol. The van der Waals surface area contributed by atoms with Crippen molar-refractivity contribution in [3.8, 4) is 0 Å². The molecule has 7 heteroatoms. The first-order valence-electron chi connectivity index (χ1n) is 10.6. The summed E-state index contributed by atoms with van der Waals surface area (Å²) in [6, 6.07) is 15.9. The molecule has 0 bridgehead atoms. The zero-order chi connectivity index (χ0) is 22.0. The van der Waals surface area contributed by atoms with Crippen molar-refractivity contribution < 1.29 is 14.4 Å². The Balaban J connectivity index is 1.50. The summed E-state index contributed by atoms with van der Waals surface area (Å²) in [5.74, 6) is -0.144. The molecule has 31 heavy (non-hydrogen) atoms. The molecule has 1 saturated carbocycles. The maximum absolute atomic E-state index is 13.0. The molecule has 2 aromatic carbocycles. The van der Waals surface area contributed by atoms with E-state index in [1.165, 1.54) is 0 Å². The quantitative estimate of drug-likeness (QED) is 0.690. The summed E-state index contributed by atoms with van der Waals surface area (Å²) in [6.45, 7) is 1.85. The van der Waals surface area contributed by atoms with Gasteiger partial charge in [-0.25, -0.2) is 4.79 Å². The lowest BCUT2D eigenvalue weighted by atomic mass is 9.77. The van der Waals surface area contributed by atoms with E-state index in [0.29, 0.717) is 23.8 Å². The summed E-state index contributed by atoms with van der Waals surface area (Å²) in [7, 11) is 0. The highest BCUT2D eigenvalue weighted by Gasteiger charge is 2.52. The number of nitrogens with one attached hydrogen (secondary N) is 2. The third kappa shape index (κ3) is 4.44. The number of benzene rings is 2. The van der Waals surface area contributed by atoms with E-state index in [0.717, 1.165) is 28.9 Å². The van der Waals surface area contributed by atoms with Crippen molar-refractivity contribution in [1.29, 1.82) is 0 Å². The molecule has 1 unspecified atom stereocenters. The van der Waals surface area contributed by atoms with E-state index in [1.54, 1.807) is 12.1 Å². The summed E-state index contributed by atoms with van der Waals surface area (Å²) >= 11 is 6.02. The Morgan fingerprint density at radius 3 is 2.35 bits per heavy atom. The molecule has 1 atom stereocenters. The van der Waals surface area contributed by atoms with Gasteiger partial charge in [-0.05, 0) is 54.9 Å². The monoisotopic (exact) mass is 439 g/mol. The molecule has 2 N–H and O–H groups in total. The molecule has 4 rings (SSSR count). The topological polar surface area (TPSA) is 78.5 Å². The Morgan fingerprint density at radius 2 is 1.71 bits per heavy atom. The normalized spacial score (nSPS) is 24.2. The highest BCUT2D eigenvalue weighted by Crippen LogP contribution is 2.36. The zero-order valence-corrected chi connectivity index (χ0v) is 18.2. The van der Waals surface area contributed by atoms with E-state index in [1.807, 2.05) is 42.5 Å². The molecule has 1 heterocycles. The van der Waals surface area contributed by atoms with Gasteiger partial charge in [0.2, 0.25) is 5.91 Å².